The predicted molar refractivity (Wildman–Crippen MR) is 47.2 cm³/mol. The van der Waals surface area contributed by atoms with Crippen LogP contribution in [0.1, 0.15) is 0 Å². The van der Waals surface area contributed by atoms with E-state index in [0.717, 1.165) is 0 Å². The summed E-state index contributed by atoms with van der Waals surface area (Å²) in [7, 11) is -9.22. The van der Waals surface area contributed by atoms with Crippen molar-refractivity contribution in [3.63, 3.8) is 0 Å². The quantitative estimate of drug-likeness (QED) is 0.192. The monoisotopic (exact) mass is 242 g/mol. The van der Waals surface area contributed by atoms with E-state index in [2.05, 4.69) is 0 Å². The summed E-state index contributed by atoms with van der Waals surface area (Å²) >= 11 is 0. The van der Waals surface area contributed by atoms with E-state index in [-0.39, 0.29) is 53.9 Å². The molecule has 0 saturated heterocycles. The fraction of sp³-hybridized carbons (Fsp3) is 0. The Morgan fingerprint density at radius 3 is 0.538 bits per heavy atom. The average molecular weight is 242 g/mol. The van der Waals surface area contributed by atoms with E-state index < -0.39 is 18.1 Å². The van der Waals surface area contributed by atoms with Gasteiger partial charge in [-0.05, 0) is 0 Å². The van der Waals surface area contributed by atoms with E-state index >= 15 is 0 Å². The van der Waals surface area contributed by atoms with Gasteiger partial charge in [0.1, 0.15) is 0 Å². The zero-order valence-corrected chi connectivity index (χ0v) is 7.08. The fourth-order valence-electron chi connectivity index (χ4n) is 0. The molecule has 10 N–H and O–H groups in total. The second-order valence-electron chi connectivity index (χ2n) is 1.20. The number of rotatable bonds is 0. The summed E-state index contributed by atoms with van der Waals surface area (Å²) < 4.78 is 0. The molecule has 0 spiro atoms. The average Bonchev–Trinajstić information content (AvgIpc) is 1.12. The summed E-state index contributed by atoms with van der Waals surface area (Å²) in [6, 6.07) is 0. The molecule has 0 aliphatic rings. The van der Waals surface area contributed by atoms with Crippen LogP contribution >= 0.6 is 0 Å². The van der Waals surface area contributed by atoms with E-state index in [9.17, 15) is 0 Å². The van der Waals surface area contributed by atoms with E-state index in [1.807, 2.05) is 0 Å². The Kier molecular flexibility index (Phi) is 26.5. The Morgan fingerprint density at radius 1 is 0.538 bits per heavy atom. The molecule has 0 saturated carbocycles. The van der Waals surface area contributed by atoms with Crippen LogP contribution < -0.4 is 0 Å². The van der Waals surface area contributed by atoms with Crippen molar-refractivity contribution in [2.24, 2.45) is 0 Å². The minimum absolute atomic E-state index is 0. The molecule has 0 aromatic carbocycles. The third-order valence-electron chi connectivity index (χ3n) is 0. The molecular formula is H12LiNaO9Si2. The number of hydrogen-bond acceptors (Lipinski definition) is 8. The summed E-state index contributed by atoms with van der Waals surface area (Å²) in [6.07, 6.45) is 0. The van der Waals surface area contributed by atoms with Crippen molar-refractivity contribution in [3.8, 4) is 0 Å². The first-order valence-corrected chi connectivity index (χ1v) is 5.37. The van der Waals surface area contributed by atoms with Crippen LogP contribution in [0.2, 0.25) is 0 Å². The third kappa shape index (κ3) is 667. The van der Waals surface area contributed by atoms with Crippen LogP contribution in [0.25, 0.3) is 0 Å². The zero-order chi connectivity index (χ0) is 9.00. The molecule has 0 amide bonds. The molecule has 0 radical (unpaired) electrons. The maximum atomic E-state index is 7.33. The summed E-state index contributed by atoms with van der Waals surface area (Å²) in [4.78, 5) is 58.6. The molecule has 0 unspecified atom stereocenters. The Bertz CT molecular complexity index is 60.6. The molecule has 13 heteroatoms. The summed E-state index contributed by atoms with van der Waals surface area (Å²) in [5.41, 5.74) is 0. The topological polar surface area (TPSA) is 193 Å². The van der Waals surface area contributed by atoms with E-state index in [1.165, 1.54) is 0 Å². The van der Waals surface area contributed by atoms with Crippen molar-refractivity contribution in [3.05, 3.63) is 0 Å². The van der Waals surface area contributed by atoms with E-state index in [1.54, 1.807) is 0 Å². The number of hydrogen-bond donors (Lipinski definition) is 8. The van der Waals surface area contributed by atoms with Gasteiger partial charge in [0.2, 0.25) is 0 Å². The molecule has 0 rings (SSSR count). The van der Waals surface area contributed by atoms with Crippen molar-refractivity contribution in [1.29, 1.82) is 0 Å². The van der Waals surface area contributed by atoms with Gasteiger partial charge in [0.15, 0.2) is 0 Å². The van der Waals surface area contributed by atoms with Gasteiger partial charge in [-0.3, -0.25) is 0 Å². The summed E-state index contributed by atoms with van der Waals surface area (Å²) in [6.45, 7) is 0. The zero-order valence-electron chi connectivity index (χ0n) is 5.08. The van der Waals surface area contributed by atoms with Crippen molar-refractivity contribution in [1.82, 2.24) is 0 Å². The van der Waals surface area contributed by atoms with Crippen molar-refractivity contribution < 1.29 is 43.8 Å². The second-order valence-corrected chi connectivity index (χ2v) is 3.60. The van der Waals surface area contributed by atoms with Crippen LogP contribution in [0.15, 0.2) is 0 Å². The maximum absolute atomic E-state index is 7.33. The molecule has 0 aromatic heterocycles. The Morgan fingerprint density at radius 2 is 0.538 bits per heavy atom. The van der Waals surface area contributed by atoms with Gasteiger partial charge in [-0.1, -0.05) is 0 Å². The van der Waals surface area contributed by atoms with Crippen molar-refractivity contribution in [2.45, 2.75) is 0 Å². The van der Waals surface area contributed by atoms with Gasteiger partial charge in [-0.2, -0.15) is 0 Å². The van der Waals surface area contributed by atoms with Gasteiger partial charge in [-0.25, -0.2) is 0 Å². The molecule has 0 fully saturated rings. The van der Waals surface area contributed by atoms with Gasteiger partial charge < -0.3 is 43.8 Å². The van der Waals surface area contributed by atoms with Crippen LogP contribution in [-0.2, 0) is 0 Å². The molecule has 0 aliphatic heterocycles. The van der Waals surface area contributed by atoms with Gasteiger partial charge in [0.05, 0.1) is 0 Å². The predicted octanol–water partition coefficient (Wildman–Crippen LogP) is -7.34. The van der Waals surface area contributed by atoms with Crippen LogP contribution in [0, 0.1) is 0 Å². The van der Waals surface area contributed by atoms with E-state index in [0.29, 0.717) is 0 Å². The van der Waals surface area contributed by atoms with Gasteiger partial charge in [0.25, 0.3) is 0 Å². The molecule has 0 heterocycles. The Labute approximate surface area is 110 Å². The summed E-state index contributed by atoms with van der Waals surface area (Å²) in [5.74, 6) is 0. The van der Waals surface area contributed by atoms with Crippen LogP contribution in [0.4, 0.5) is 0 Å². The molecule has 0 aromatic rings. The summed E-state index contributed by atoms with van der Waals surface area (Å²) in [5, 5.41) is 0. The first-order chi connectivity index (χ1) is 4.00. The molecule has 0 bridgehead atoms. The van der Waals surface area contributed by atoms with Crippen LogP contribution in [0.3, 0.4) is 0 Å². The Balaban J connectivity index is -0.0000000267. The molecule has 13 heavy (non-hydrogen) atoms. The Hall–Kier alpha value is 1.67. The third-order valence-corrected chi connectivity index (χ3v) is 0. The standard InChI is InChI=1S/Li.Na.2H4O4Si.H2O.2H/c;;2*1-5(2,3)4;;;/h;;2*1-4H;1H2;;. The van der Waals surface area contributed by atoms with Crippen molar-refractivity contribution in [2.75, 3.05) is 0 Å². The second kappa shape index (κ2) is 11.7. The fourth-order valence-corrected chi connectivity index (χ4v) is 0. The molecular weight excluding hydrogens is 230 g/mol. The first kappa shape index (κ1) is 29.3. The first-order valence-electron chi connectivity index (χ1n) is 1.79. The van der Waals surface area contributed by atoms with Gasteiger partial charge in [-0.15, -0.1) is 0 Å². The minimum atomic E-state index is -4.61. The SMILES string of the molecule is O.O[Si](O)(O)O.O[Si](O)(O)O.[LiH].[NaH]. The van der Waals surface area contributed by atoms with E-state index in [4.69, 9.17) is 38.4 Å². The normalized spacial score (nSPS) is 9.23. The molecule has 76 valence electrons. The molecule has 0 atom stereocenters. The van der Waals surface area contributed by atoms with Gasteiger partial charge >= 0.3 is 66.5 Å². The van der Waals surface area contributed by atoms with Gasteiger partial charge in [0, 0.05) is 0 Å². The molecule has 0 aliphatic carbocycles. The van der Waals surface area contributed by atoms with Crippen molar-refractivity contribution >= 4 is 66.5 Å². The molecule has 9 nitrogen and oxygen atoms in total. The van der Waals surface area contributed by atoms with Crippen LogP contribution in [0.5, 0.6) is 0 Å². The van der Waals surface area contributed by atoms with Crippen LogP contribution in [-0.4, -0.2) is 110 Å².